The van der Waals surface area contributed by atoms with Gasteiger partial charge in [-0.2, -0.15) is 0 Å². The molecule has 3 aromatic heterocycles. The summed E-state index contributed by atoms with van der Waals surface area (Å²) in [5.41, 5.74) is 7.11. The topological polar surface area (TPSA) is 174 Å². The molecule has 1 aliphatic heterocycles. The van der Waals surface area contributed by atoms with Crippen molar-refractivity contribution >= 4 is 37.2 Å². The minimum atomic E-state index is -2.23. The van der Waals surface area contributed by atoms with Crippen molar-refractivity contribution < 1.29 is 19.2 Å². The predicted octanol–water partition coefficient (Wildman–Crippen LogP) is -0.0148. The van der Waals surface area contributed by atoms with Crippen molar-refractivity contribution in [3.05, 3.63) is 24.5 Å². The van der Waals surface area contributed by atoms with Gasteiger partial charge in [0.25, 0.3) is 0 Å². The number of nitrogens with one attached hydrogen (secondary N) is 2. The molecular weight excluding hydrogens is 387 g/mol. The lowest BCUT2D eigenvalue weighted by molar-refractivity contribution is -0.115. The molecule has 0 saturated carbocycles. The third-order valence-corrected chi connectivity index (χ3v) is 4.92. The highest BCUT2D eigenvalue weighted by Crippen LogP contribution is 2.35. The average Bonchev–Trinajstić information content (AvgIpc) is 3.35. The van der Waals surface area contributed by atoms with Crippen molar-refractivity contribution in [3.8, 4) is 0 Å². The fraction of sp³-hybridized carbons (Fsp3) is 0.400. The first kappa shape index (κ1) is 17.2. The quantitative estimate of drug-likeness (QED) is 0.410. The molecule has 5 N–H and O–H groups in total. The number of hydrogen-bond acceptors (Lipinski definition) is 9. The van der Waals surface area contributed by atoms with Crippen LogP contribution in [0.5, 0.6) is 0 Å². The van der Waals surface area contributed by atoms with E-state index in [0.29, 0.717) is 11.3 Å². The monoisotopic (exact) mass is 407 g/mol. The maximum Gasteiger partial charge on any atom is 0.388 e. The van der Waals surface area contributed by atoms with Crippen LogP contribution in [0.2, 0.25) is 0 Å². The highest BCUT2D eigenvalue weighted by Gasteiger charge is 2.39. The number of anilines is 2. The molecule has 1 saturated heterocycles. The van der Waals surface area contributed by atoms with Gasteiger partial charge in [-0.15, -0.1) is 0 Å². The summed E-state index contributed by atoms with van der Waals surface area (Å²) in [4.78, 5) is 31.6. The SMILES string of the molecule is [3H][P+](=O)CC1OC(n2c(NC(=O)Cc3cnc[nH]3)nc3c(N)ncnc32)CC1O. The smallest absolute Gasteiger partial charge is 0.388 e. The molecule has 146 valence electrons. The number of H-pyrrole nitrogens is 1. The zero-order valence-electron chi connectivity index (χ0n) is 15.5. The van der Waals surface area contributed by atoms with Crippen molar-refractivity contribution in [1.82, 2.24) is 29.5 Å². The number of nitrogen functional groups attached to an aromatic ring is 1. The first-order valence-electron chi connectivity index (χ1n) is 8.89. The van der Waals surface area contributed by atoms with Crippen LogP contribution in [0.1, 0.15) is 18.3 Å². The molecule has 1 aliphatic rings. The molecular formula is C15H18N8O4P+. The third-order valence-electron chi connectivity index (χ3n) is 4.41. The second kappa shape index (κ2) is 7.58. The van der Waals surface area contributed by atoms with Crippen molar-refractivity contribution in [2.75, 3.05) is 17.2 Å². The number of imidazole rings is 2. The van der Waals surface area contributed by atoms with Gasteiger partial charge >= 0.3 is 9.68 Å². The Kier molecular flexibility index (Phi) is 4.65. The molecule has 0 bridgehead atoms. The van der Waals surface area contributed by atoms with E-state index in [9.17, 15) is 14.5 Å². The van der Waals surface area contributed by atoms with Crippen LogP contribution in [0.25, 0.3) is 11.2 Å². The maximum absolute atomic E-state index is 12.4. The fourth-order valence-electron chi connectivity index (χ4n) is 3.12. The molecule has 28 heavy (non-hydrogen) atoms. The van der Waals surface area contributed by atoms with E-state index in [1.165, 1.54) is 23.4 Å². The number of aliphatic hydroxyl groups is 1. The van der Waals surface area contributed by atoms with Gasteiger partial charge in [-0.3, -0.25) is 14.7 Å². The summed E-state index contributed by atoms with van der Waals surface area (Å²) in [5.74, 6) is -0.103. The van der Waals surface area contributed by atoms with Crippen LogP contribution in [-0.4, -0.2) is 60.1 Å². The number of ether oxygens (including phenoxy) is 1. The second-order valence-electron chi connectivity index (χ2n) is 6.28. The summed E-state index contributed by atoms with van der Waals surface area (Å²) in [6.45, 7) is 0. The van der Waals surface area contributed by atoms with Crippen LogP contribution in [0.3, 0.4) is 0 Å². The Morgan fingerprint density at radius 3 is 3.18 bits per heavy atom. The first-order chi connectivity index (χ1) is 13.9. The Morgan fingerprint density at radius 2 is 2.43 bits per heavy atom. The number of rotatable bonds is 6. The molecule has 0 aromatic carbocycles. The Bertz CT molecular complexity index is 1060. The van der Waals surface area contributed by atoms with E-state index in [2.05, 4.69) is 30.2 Å². The minimum absolute atomic E-state index is 0.0421. The number of nitrogens with zero attached hydrogens (tertiary/aromatic N) is 5. The van der Waals surface area contributed by atoms with E-state index in [0.717, 1.165) is 0 Å². The fourth-order valence-corrected chi connectivity index (χ4v) is 3.60. The van der Waals surface area contributed by atoms with E-state index in [4.69, 9.17) is 11.7 Å². The van der Waals surface area contributed by atoms with E-state index in [1.54, 1.807) is 0 Å². The number of nitrogens with two attached hydrogens (primary N) is 1. The van der Waals surface area contributed by atoms with Crippen LogP contribution >= 0.6 is 8.41 Å². The van der Waals surface area contributed by atoms with Crippen LogP contribution in [0.4, 0.5) is 11.8 Å². The van der Waals surface area contributed by atoms with Gasteiger partial charge in [0, 0.05) is 18.3 Å². The van der Waals surface area contributed by atoms with Gasteiger partial charge in [0.1, 0.15) is 18.7 Å². The van der Waals surface area contributed by atoms with E-state index in [1.807, 2.05) is 0 Å². The minimum Gasteiger partial charge on any atom is -0.390 e. The lowest BCUT2D eigenvalue weighted by Gasteiger charge is -2.16. The Balaban J connectivity index is 1.66. The number of carbonyl (C=O) groups is 1. The van der Waals surface area contributed by atoms with Gasteiger partial charge < -0.3 is 20.6 Å². The van der Waals surface area contributed by atoms with Gasteiger partial charge in [-0.05, 0) is 0 Å². The third kappa shape index (κ3) is 3.44. The van der Waals surface area contributed by atoms with Gasteiger partial charge in [0.15, 0.2) is 23.1 Å². The molecule has 3 aromatic rings. The van der Waals surface area contributed by atoms with Crippen LogP contribution in [0, 0.1) is 0 Å². The number of hydrogen-bond donors (Lipinski definition) is 4. The highest BCUT2D eigenvalue weighted by molar-refractivity contribution is 7.23. The normalized spacial score (nSPS) is 23.0. The molecule has 0 radical (unpaired) electrons. The summed E-state index contributed by atoms with van der Waals surface area (Å²) in [5, 5.41) is 12.9. The molecule has 1 amide bonds. The molecule has 4 atom stereocenters. The summed E-state index contributed by atoms with van der Waals surface area (Å²) >= 11 is 0. The largest absolute Gasteiger partial charge is 0.390 e. The van der Waals surface area contributed by atoms with Crippen molar-refractivity contribution in [2.24, 2.45) is 0 Å². The molecule has 4 rings (SSSR count). The number of aliphatic hydroxyl groups excluding tert-OH is 1. The zero-order valence-corrected chi connectivity index (χ0v) is 15.4. The maximum atomic E-state index is 12.4. The first-order valence-corrected chi connectivity index (χ1v) is 9.44. The Hall–Kier alpha value is -2.95. The molecule has 12 nitrogen and oxygen atoms in total. The molecule has 4 unspecified atom stereocenters. The summed E-state index contributed by atoms with van der Waals surface area (Å²) in [7, 11) is -2.23. The zero-order chi connectivity index (χ0) is 20.5. The average molecular weight is 407 g/mol. The van der Waals surface area contributed by atoms with Crippen LogP contribution in [0.15, 0.2) is 18.9 Å². The number of fused-ring (bicyclic) bond motifs is 1. The lowest BCUT2D eigenvalue weighted by atomic mass is 10.2. The number of aromatic nitrogens is 6. The number of carbonyl (C=O) groups excluding carboxylic acids is 1. The van der Waals surface area contributed by atoms with Gasteiger partial charge in [0.2, 0.25) is 11.9 Å². The van der Waals surface area contributed by atoms with E-state index in [-0.39, 0.29) is 42.2 Å². The Labute approximate surface area is 161 Å². The number of aromatic amines is 1. The van der Waals surface area contributed by atoms with Gasteiger partial charge in [0.05, 0.1) is 18.9 Å². The molecule has 4 heterocycles. The standard InChI is InChI=1S/C15H17N8O4P/c16-13-12-14(20-6-19-13)23(11-2-8(24)9(27-11)4-28-26)15(22-12)21-10(25)1-7-3-17-5-18-7/h3,5-6,8-9,11,24H,1-2,4H2,(H,17,18)(H2,16,19,20)(H,21,22,25)/p+1/i/hT. The van der Waals surface area contributed by atoms with Crippen molar-refractivity contribution in [1.29, 1.82) is 1.28 Å². The Morgan fingerprint density at radius 1 is 1.57 bits per heavy atom. The summed E-state index contributed by atoms with van der Waals surface area (Å²) < 4.78 is 25.8. The van der Waals surface area contributed by atoms with Crippen LogP contribution in [-0.2, 0) is 20.5 Å². The molecule has 0 spiro atoms. The second-order valence-corrected chi connectivity index (χ2v) is 6.91. The number of amides is 1. The summed E-state index contributed by atoms with van der Waals surface area (Å²) in [6.07, 6.45) is 1.92. The molecule has 0 aliphatic carbocycles. The predicted molar refractivity (Wildman–Crippen MR) is 99.1 cm³/mol. The lowest BCUT2D eigenvalue weighted by Crippen LogP contribution is -2.22. The van der Waals surface area contributed by atoms with E-state index < -0.39 is 26.8 Å². The summed E-state index contributed by atoms with van der Waals surface area (Å²) in [6, 6.07) is 0. The van der Waals surface area contributed by atoms with Crippen LogP contribution < -0.4 is 11.1 Å². The van der Waals surface area contributed by atoms with Gasteiger partial charge in [-0.1, -0.05) is 4.57 Å². The van der Waals surface area contributed by atoms with Crippen molar-refractivity contribution in [2.45, 2.75) is 31.3 Å². The molecule has 1 fully saturated rings. The van der Waals surface area contributed by atoms with Gasteiger partial charge in [-0.25, -0.2) is 19.9 Å². The van der Waals surface area contributed by atoms with E-state index >= 15 is 0 Å². The molecule has 13 heteroatoms. The van der Waals surface area contributed by atoms with Crippen molar-refractivity contribution in [3.63, 3.8) is 0 Å². The highest BCUT2D eigenvalue weighted by atomic mass is 31.1.